The molecule has 1 amide bonds. The molecule has 0 radical (unpaired) electrons. The fourth-order valence-corrected chi connectivity index (χ4v) is 2.80. The van der Waals surface area contributed by atoms with Gasteiger partial charge < -0.3 is 4.90 Å². The third-order valence-electron chi connectivity index (χ3n) is 4.46. The van der Waals surface area contributed by atoms with Crippen LogP contribution < -0.4 is 5.32 Å². The molecule has 1 aliphatic rings. The summed E-state index contributed by atoms with van der Waals surface area (Å²) in [5, 5.41) is 3.53. The first-order chi connectivity index (χ1) is 9.93. The third-order valence-corrected chi connectivity index (χ3v) is 4.46. The maximum Gasteiger partial charge on any atom is 0.241 e. The lowest BCUT2D eigenvalue weighted by atomic mass is 10.0. The molecule has 1 aromatic carbocycles. The number of benzene rings is 1. The summed E-state index contributed by atoms with van der Waals surface area (Å²) in [7, 11) is 0. The van der Waals surface area contributed by atoms with E-state index < -0.39 is 0 Å². The predicted molar refractivity (Wildman–Crippen MR) is 86.8 cm³/mol. The van der Waals surface area contributed by atoms with Crippen LogP contribution in [0.1, 0.15) is 51.4 Å². The van der Waals surface area contributed by atoms with Gasteiger partial charge in [0.1, 0.15) is 6.17 Å². The van der Waals surface area contributed by atoms with E-state index >= 15 is 0 Å². The van der Waals surface area contributed by atoms with Gasteiger partial charge in [0.15, 0.2) is 0 Å². The number of aryl methyl sites for hydroxylation is 1. The summed E-state index contributed by atoms with van der Waals surface area (Å²) >= 11 is 0. The van der Waals surface area contributed by atoms with Crippen LogP contribution in [0.3, 0.4) is 0 Å². The monoisotopic (exact) mass is 288 g/mol. The van der Waals surface area contributed by atoms with Gasteiger partial charge in [-0.25, -0.2) is 0 Å². The Hall–Kier alpha value is -1.35. The van der Waals surface area contributed by atoms with E-state index in [0.29, 0.717) is 11.8 Å². The van der Waals surface area contributed by atoms with E-state index in [0.717, 1.165) is 13.0 Å². The standard InChI is InChI=1S/C18H28N2O/c1-6-13(4)11-20-17(15-9-7-14(5)8-10-15)19-16(12(2)3)18(20)21/h7-10,12-13,16-17,19H,6,11H2,1-5H3. The quantitative estimate of drug-likeness (QED) is 0.899. The van der Waals surface area contributed by atoms with E-state index in [1.807, 2.05) is 4.90 Å². The fourth-order valence-electron chi connectivity index (χ4n) is 2.80. The highest BCUT2D eigenvalue weighted by Crippen LogP contribution is 2.29. The summed E-state index contributed by atoms with van der Waals surface area (Å²) in [6.45, 7) is 11.5. The van der Waals surface area contributed by atoms with Crippen molar-refractivity contribution in [3.8, 4) is 0 Å². The Morgan fingerprint density at radius 1 is 1.19 bits per heavy atom. The summed E-state index contributed by atoms with van der Waals surface area (Å²) in [6, 6.07) is 8.43. The average molecular weight is 288 g/mol. The van der Waals surface area contributed by atoms with Crippen LogP contribution in [0.15, 0.2) is 24.3 Å². The van der Waals surface area contributed by atoms with Crippen LogP contribution in [0.5, 0.6) is 0 Å². The van der Waals surface area contributed by atoms with Crippen LogP contribution in [0, 0.1) is 18.8 Å². The van der Waals surface area contributed by atoms with Crippen molar-refractivity contribution in [1.29, 1.82) is 0 Å². The molecule has 3 unspecified atom stereocenters. The fraction of sp³-hybridized carbons (Fsp3) is 0.611. The first-order valence-corrected chi connectivity index (χ1v) is 8.07. The summed E-state index contributed by atoms with van der Waals surface area (Å²) in [6.07, 6.45) is 1.11. The molecule has 1 saturated heterocycles. The Kier molecular flexibility index (Phi) is 5.04. The summed E-state index contributed by atoms with van der Waals surface area (Å²) < 4.78 is 0. The minimum Gasteiger partial charge on any atom is -0.321 e. The van der Waals surface area contributed by atoms with Crippen molar-refractivity contribution in [1.82, 2.24) is 10.2 Å². The molecule has 3 atom stereocenters. The minimum atomic E-state index is -0.0691. The van der Waals surface area contributed by atoms with Crippen molar-refractivity contribution < 1.29 is 4.79 Å². The van der Waals surface area contributed by atoms with E-state index in [9.17, 15) is 4.79 Å². The van der Waals surface area contributed by atoms with Gasteiger partial charge in [-0.1, -0.05) is 63.9 Å². The second-order valence-electron chi connectivity index (χ2n) is 6.71. The number of carbonyl (C=O) groups excluding carboxylic acids is 1. The second-order valence-corrected chi connectivity index (χ2v) is 6.71. The lowest BCUT2D eigenvalue weighted by Crippen LogP contribution is -2.36. The lowest BCUT2D eigenvalue weighted by Gasteiger charge is -2.27. The zero-order valence-corrected chi connectivity index (χ0v) is 13.9. The zero-order valence-electron chi connectivity index (χ0n) is 13.9. The van der Waals surface area contributed by atoms with Crippen LogP contribution in [0.2, 0.25) is 0 Å². The van der Waals surface area contributed by atoms with E-state index in [-0.39, 0.29) is 18.1 Å². The van der Waals surface area contributed by atoms with Crippen molar-refractivity contribution in [3.05, 3.63) is 35.4 Å². The molecule has 1 heterocycles. The van der Waals surface area contributed by atoms with E-state index in [1.54, 1.807) is 0 Å². The van der Waals surface area contributed by atoms with Gasteiger partial charge in [0.05, 0.1) is 6.04 Å². The average Bonchev–Trinajstić information content (AvgIpc) is 2.77. The van der Waals surface area contributed by atoms with Gasteiger partial charge in [-0.2, -0.15) is 0 Å². The molecule has 21 heavy (non-hydrogen) atoms. The first-order valence-electron chi connectivity index (χ1n) is 8.07. The summed E-state index contributed by atoms with van der Waals surface area (Å²) in [4.78, 5) is 14.7. The molecular formula is C18H28N2O. The topological polar surface area (TPSA) is 32.3 Å². The molecule has 116 valence electrons. The smallest absolute Gasteiger partial charge is 0.241 e. The van der Waals surface area contributed by atoms with Gasteiger partial charge in [-0.3, -0.25) is 10.1 Å². The molecule has 3 nitrogen and oxygen atoms in total. The Morgan fingerprint density at radius 3 is 2.33 bits per heavy atom. The van der Waals surface area contributed by atoms with Crippen molar-refractivity contribution in [3.63, 3.8) is 0 Å². The predicted octanol–water partition coefficient (Wildman–Crippen LogP) is 3.50. The third kappa shape index (κ3) is 3.46. The molecule has 1 aromatic rings. The molecule has 0 saturated carbocycles. The molecule has 0 spiro atoms. The zero-order chi connectivity index (χ0) is 15.6. The molecule has 1 aliphatic heterocycles. The maximum absolute atomic E-state index is 12.7. The van der Waals surface area contributed by atoms with Crippen LogP contribution in [-0.2, 0) is 4.79 Å². The highest BCUT2D eigenvalue weighted by molar-refractivity contribution is 5.84. The number of amides is 1. The summed E-state index contributed by atoms with van der Waals surface area (Å²) in [5.41, 5.74) is 2.43. The summed E-state index contributed by atoms with van der Waals surface area (Å²) in [5.74, 6) is 1.08. The van der Waals surface area contributed by atoms with Crippen LogP contribution in [-0.4, -0.2) is 23.4 Å². The largest absolute Gasteiger partial charge is 0.321 e. The molecule has 0 aromatic heterocycles. The highest BCUT2D eigenvalue weighted by Gasteiger charge is 2.41. The van der Waals surface area contributed by atoms with E-state index in [1.165, 1.54) is 11.1 Å². The van der Waals surface area contributed by atoms with Gasteiger partial charge in [0.2, 0.25) is 5.91 Å². The number of hydrogen-bond donors (Lipinski definition) is 1. The molecule has 0 bridgehead atoms. The SMILES string of the molecule is CCC(C)CN1C(=O)C(C(C)C)NC1c1ccc(C)cc1. The Labute approximate surface area is 128 Å². The minimum absolute atomic E-state index is 0.0134. The Morgan fingerprint density at radius 2 is 1.81 bits per heavy atom. The molecule has 3 heteroatoms. The van der Waals surface area contributed by atoms with Gasteiger partial charge >= 0.3 is 0 Å². The number of nitrogens with zero attached hydrogens (tertiary/aromatic N) is 1. The van der Waals surface area contributed by atoms with Crippen LogP contribution in [0.4, 0.5) is 0 Å². The number of rotatable bonds is 5. The van der Waals surface area contributed by atoms with E-state index in [4.69, 9.17) is 0 Å². The van der Waals surface area contributed by atoms with Crippen LogP contribution >= 0.6 is 0 Å². The maximum atomic E-state index is 12.7. The van der Waals surface area contributed by atoms with Gasteiger partial charge in [0.25, 0.3) is 0 Å². The van der Waals surface area contributed by atoms with Gasteiger partial charge in [0, 0.05) is 6.54 Å². The molecule has 1 N–H and O–H groups in total. The van der Waals surface area contributed by atoms with Crippen molar-refractivity contribution in [2.45, 2.75) is 53.2 Å². The molecule has 2 rings (SSSR count). The number of carbonyl (C=O) groups is 1. The molecular weight excluding hydrogens is 260 g/mol. The van der Waals surface area contributed by atoms with Gasteiger partial charge in [-0.15, -0.1) is 0 Å². The highest BCUT2D eigenvalue weighted by atomic mass is 16.2. The number of hydrogen-bond acceptors (Lipinski definition) is 2. The second kappa shape index (κ2) is 6.61. The van der Waals surface area contributed by atoms with Crippen molar-refractivity contribution in [2.75, 3.05) is 6.54 Å². The Balaban J connectivity index is 2.27. The van der Waals surface area contributed by atoms with E-state index in [2.05, 4.69) is 64.2 Å². The van der Waals surface area contributed by atoms with Gasteiger partial charge in [-0.05, 0) is 24.3 Å². The first kappa shape index (κ1) is 16.0. The Bertz CT molecular complexity index is 480. The normalized spacial score (nSPS) is 23.9. The van der Waals surface area contributed by atoms with Crippen LogP contribution in [0.25, 0.3) is 0 Å². The van der Waals surface area contributed by atoms with Crippen molar-refractivity contribution in [2.24, 2.45) is 11.8 Å². The molecule has 1 fully saturated rings. The molecule has 0 aliphatic carbocycles. The number of nitrogens with one attached hydrogen (secondary N) is 1. The lowest BCUT2D eigenvalue weighted by molar-refractivity contribution is -0.131. The van der Waals surface area contributed by atoms with Crippen molar-refractivity contribution >= 4 is 5.91 Å².